The van der Waals surface area contributed by atoms with Crippen LogP contribution in [0.4, 0.5) is 14.9 Å². The average molecular weight is 341 g/mol. The van der Waals surface area contributed by atoms with E-state index in [1.807, 2.05) is 30.3 Å². The Labute approximate surface area is 145 Å². The highest BCUT2D eigenvalue weighted by Gasteiger charge is 2.34. The summed E-state index contributed by atoms with van der Waals surface area (Å²) in [5, 5.41) is 5.41. The number of halogens is 1. The molecule has 0 radical (unpaired) electrons. The third-order valence-electron chi connectivity index (χ3n) is 4.23. The molecular weight excluding hydrogens is 321 g/mol. The summed E-state index contributed by atoms with van der Waals surface area (Å²) in [4.78, 5) is 26.4. The van der Waals surface area contributed by atoms with Gasteiger partial charge in [-0.15, -0.1) is 0 Å². The summed E-state index contributed by atoms with van der Waals surface area (Å²) in [6.07, 6.45) is 1.31. The van der Waals surface area contributed by atoms with Gasteiger partial charge in [0.1, 0.15) is 11.9 Å². The molecule has 0 spiro atoms. The third-order valence-corrected chi connectivity index (χ3v) is 4.23. The molecule has 1 atom stereocenters. The van der Waals surface area contributed by atoms with Crippen LogP contribution in [0.3, 0.4) is 0 Å². The van der Waals surface area contributed by atoms with E-state index in [0.29, 0.717) is 19.5 Å². The van der Waals surface area contributed by atoms with Gasteiger partial charge in [0, 0.05) is 13.1 Å². The summed E-state index contributed by atoms with van der Waals surface area (Å²) in [6.45, 7) is 0.911. The molecule has 2 N–H and O–H groups in total. The molecule has 0 saturated carbocycles. The number of hydrogen-bond acceptors (Lipinski definition) is 2. The van der Waals surface area contributed by atoms with Gasteiger partial charge in [-0.1, -0.05) is 42.5 Å². The Morgan fingerprint density at radius 1 is 1.08 bits per heavy atom. The van der Waals surface area contributed by atoms with Gasteiger partial charge in [-0.25, -0.2) is 9.18 Å². The van der Waals surface area contributed by atoms with Crippen molar-refractivity contribution in [3.63, 3.8) is 0 Å². The van der Waals surface area contributed by atoms with Gasteiger partial charge in [-0.2, -0.15) is 0 Å². The molecule has 1 heterocycles. The molecule has 1 saturated heterocycles. The van der Waals surface area contributed by atoms with Crippen molar-refractivity contribution >= 4 is 17.6 Å². The number of carbonyl (C=O) groups is 2. The number of nitrogens with zero attached hydrogens (tertiary/aromatic N) is 1. The second kappa shape index (κ2) is 7.79. The van der Waals surface area contributed by atoms with Crippen molar-refractivity contribution < 1.29 is 14.0 Å². The summed E-state index contributed by atoms with van der Waals surface area (Å²) < 4.78 is 13.7. The fourth-order valence-electron chi connectivity index (χ4n) is 2.94. The second-order valence-electron chi connectivity index (χ2n) is 5.96. The molecule has 3 rings (SSSR count). The summed E-state index contributed by atoms with van der Waals surface area (Å²) in [6, 6.07) is 14.7. The van der Waals surface area contributed by atoms with Gasteiger partial charge >= 0.3 is 6.03 Å². The first kappa shape index (κ1) is 17.0. The predicted octanol–water partition coefficient (Wildman–Crippen LogP) is 3.14. The van der Waals surface area contributed by atoms with Crippen molar-refractivity contribution in [2.45, 2.75) is 25.4 Å². The van der Waals surface area contributed by atoms with Crippen molar-refractivity contribution in [1.82, 2.24) is 10.2 Å². The minimum atomic E-state index is -0.588. The van der Waals surface area contributed by atoms with E-state index in [-0.39, 0.29) is 17.6 Å². The SMILES string of the molecule is O=C(Nc1ccccc1F)C1CCCN1C(=O)NCc1ccccc1. The number of anilines is 1. The largest absolute Gasteiger partial charge is 0.334 e. The Morgan fingerprint density at radius 2 is 1.80 bits per heavy atom. The van der Waals surface area contributed by atoms with E-state index < -0.39 is 11.9 Å². The number of nitrogens with one attached hydrogen (secondary N) is 2. The number of carbonyl (C=O) groups excluding carboxylic acids is 2. The van der Waals surface area contributed by atoms with E-state index in [1.165, 1.54) is 17.0 Å². The monoisotopic (exact) mass is 341 g/mol. The van der Waals surface area contributed by atoms with Gasteiger partial charge in [-0.05, 0) is 30.5 Å². The van der Waals surface area contributed by atoms with Crippen LogP contribution in [0.15, 0.2) is 54.6 Å². The number of amides is 3. The van der Waals surface area contributed by atoms with Crippen LogP contribution in [0.25, 0.3) is 0 Å². The van der Waals surface area contributed by atoms with Gasteiger partial charge < -0.3 is 15.5 Å². The normalized spacial score (nSPS) is 16.5. The van der Waals surface area contributed by atoms with Gasteiger partial charge in [0.2, 0.25) is 5.91 Å². The lowest BCUT2D eigenvalue weighted by atomic mass is 10.2. The van der Waals surface area contributed by atoms with E-state index in [9.17, 15) is 14.0 Å². The number of rotatable bonds is 4. The quantitative estimate of drug-likeness (QED) is 0.897. The van der Waals surface area contributed by atoms with E-state index in [1.54, 1.807) is 12.1 Å². The lowest BCUT2D eigenvalue weighted by molar-refractivity contribution is -0.119. The zero-order chi connectivity index (χ0) is 17.6. The van der Waals surface area contributed by atoms with Crippen LogP contribution in [0.2, 0.25) is 0 Å². The highest BCUT2D eigenvalue weighted by molar-refractivity contribution is 5.97. The Bertz CT molecular complexity index is 751. The minimum Gasteiger partial charge on any atom is -0.334 e. The van der Waals surface area contributed by atoms with Crippen LogP contribution < -0.4 is 10.6 Å². The summed E-state index contributed by atoms with van der Waals surface area (Å²) >= 11 is 0. The molecular formula is C19H20FN3O2. The number of urea groups is 1. The fourth-order valence-corrected chi connectivity index (χ4v) is 2.94. The van der Waals surface area contributed by atoms with Crippen molar-refractivity contribution in [2.75, 3.05) is 11.9 Å². The molecule has 2 aromatic carbocycles. The molecule has 1 fully saturated rings. The van der Waals surface area contributed by atoms with Crippen molar-refractivity contribution in [2.24, 2.45) is 0 Å². The van der Waals surface area contributed by atoms with E-state index in [0.717, 1.165) is 12.0 Å². The Hall–Kier alpha value is -2.89. The Balaban J connectivity index is 1.60. The number of likely N-dealkylation sites (tertiary alicyclic amines) is 1. The molecule has 0 aliphatic carbocycles. The van der Waals surface area contributed by atoms with E-state index in [2.05, 4.69) is 10.6 Å². The van der Waals surface area contributed by atoms with Crippen LogP contribution in [-0.2, 0) is 11.3 Å². The maximum absolute atomic E-state index is 13.7. The fraction of sp³-hybridized carbons (Fsp3) is 0.263. The maximum atomic E-state index is 13.7. The van der Waals surface area contributed by atoms with Crippen LogP contribution >= 0.6 is 0 Å². The van der Waals surface area contributed by atoms with Gasteiger partial charge in [0.25, 0.3) is 0 Å². The molecule has 0 aromatic heterocycles. The third kappa shape index (κ3) is 4.15. The maximum Gasteiger partial charge on any atom is 0.318 e. The van der Waals surface area contributed by atoms with Crippen LogP contribution in [-0.4, -0.2) is 29.4 Å². The first-order chi connectivity index (χ1) is 12.1. The van der Waals surface area contributed by atoms with Crippen LogP contribution in [0.5, 0.6) is 0 Å². The Morgan fingerprint density at radius 3 is 2.56 bits per heavy atom. The smallest absolute Gasteiger partial charge is 0.318 e. The highest BCUT2D eigenvalue weighted by atomic mass is 19.1. The number of hydrogen-bond donors (Lipinski definition) is 2. The lowest BCUT2D eigenvalue weighted by Crippen LogP contribution is -2.47. The van der Waals surface area contributed by atoms with Crippen LogP contribution in [0, 0.1) is 5.82 Å². The van der Waals surface area contributed by atoms with Crippen LogP contribution in [0.1, 0.15) is 18.4 Å². The standard InChI is InChI=1S/C19H20FN3O2/c20-15-9-4-5-10-16(15)22-18(24)17-11-6-12-23(17)19(25)21-13-14-7-2-1-3-8-14/h1-5,7-10,17H,6,11-13H2,(H,21,25)(H,22,24). The summed E-state index contributed by atoms with van der Waals surface area (Å²) in [5.41, 5.74) is 1.12. The summed E-state index contributed by atoms with van der Waals surface area (Å²) in [7, 11) is 0. The first-order valence-electron chi connectivity index (χ1n) is 8.29. The molecule has 2 aromatic rings. The topological polar surface area (TPSA) is 61.4 Å². The number of benzene rings is 2. The zero-order valence-electron chi connectivity index (χ0n) is 13.7. The average Bonchev–Trinajstić information content (AvgIpc) is 3.12. The van der Waals surface area contributed by atoms with Crippen molar-refractivity contribution in [1.29, 1.82) is 0 Å². The molecule has 1 aliphatic heterocycles. The van der Waals surface area contributed by atoms with E-state index in [4.69, 9.17) is 0 Å². The summed E-state index contributed by atoms with van der Waals surface area (Å²) in [5.74, 6) is -0.855. The molecule has 6 heteroatoms. The molecule has 0 bridgehead atoms. The molecule has 3 amide bonds. The highest BCUT2D eigenvalue weighted by Crippen LogP contribution is 2.20. The molecule has 1 unspecified atom stereocenters. The molecule has 25 heavy (non-hydrogen) atoms. The zero-order valence-corrected chi connectivity index (χ0v) is 13.7. The van der Waals surface area contributed by atoms with Gasteiger partial charge in [0.05, 0.1) is 5.69 Å². The molecule has 1 aliphatic rings. The van der Waals surface area contributed by atoms with Gasteiger partial charge in [0.15, 0.2) is 0 Å². The lowest BCUT2D eigenvalue weighted by Gasteiger charge is -2.24. The Kier molecular flexibility index (Phi) is 5.28. The molecule has 5 nitrogen and oxygen atoms in total. The molecule has 130 valence electrons. The first-order valence-corrected chi connectivity index (χ1v) is 8.29. The van der Waals surface area contributed by atoms with Crippen molar-refractivity contribution in [3.8, 4) is 0 Å². The minimum absolute atomic E-state index is 0.129. The van der Waals surface area contributed by atoms with Gasteiger partial charge in [-0.3, -0.25) is 4.79 Å². The van der Waals surface area contributed by atoms with Crippen molar-refractivity contribution in [3.05, 3.63) is 66.0 Å². The predicted molar refractivity (Wildman–Crippen MR) is 93.4 cm³/mol. The second-order valence-corrected chi connectivity index (χ2v) is 5.96. The van der Waals surface area contributed by atoms with E-state index >= 15 is 0 Å². The number of para-hydroxylation sites is 1.